The molecular weight excluding hydrogens is 421 g/mol. The number of piperidine rings is 1. The molecule has 1 fully saturated rings. The molecule has 3 aromatic carbocycles. The zero-order valence-corrected chi connectivity index (χ0v) is 21.3. The van der Waals surface area contributed by atoms with Crippen LogP contribution in [0.3, 0.4) is 0 Å². The number of ether oxygens (including phenoxy) is 1. The molecule has 0 N–H and O–H groups in total. The third-order valence-electron chi connectivity index (χ3n) is 8.17. The van der Waals surface area contributed by atoms with E-state index in [4.69, 9.17) is 4.74 Å². The first-order chi connectivity index (χ1) is 16.2. The highest BCUT2D eigenvalue weighted by Crippen LogP contribution is 2.54. The van der Waals surface area contributed by atoms with Crippen molar-refractivity contribution in [1.82, 2.24) is 0 Å². The van der Waals surface area contributed by atoms with Crippen molar-refractivity contribution in [3.63, 3.8) is 0 Å². The van der Waals surface area contributed by atoms with Gasteiger partial charge >= 0.3 is 0 Å². The lowest BCUT2D eigenvalue weighted by Gasteiger charge is -2.37. The SMILES string of the molecule is Cc1ccc([C@@H]2c3c(C)c(N4CCC(c5ccc(F)cc5)CC4)c(C)c(C)c3OC2(C)C)cc1. The molecule has 0 spiro atoms. The van der Waals surface area contributed by atoms with E-state index in [1.807, 2.05) is 12.1 Å². The van der Waals surface area contributed by atoms with Crippen molar-refractivity contribution in [1.29, 1.82) is 0 Å². The van der Waals surface area contributed by atoms with Crippen molar-refractivity contribution in [3.05, 3.63) is 93.3 Å². The van der Waals surface area contributed by atoms with E-state index in [2.05, 4.69) is 70.7 Å². The Morgan fingerprint density at radius 1 is 0.794 bits per heavy atom. The predicted molar refractivity (Wildman–Crippen MR) is 139 cm³/mol. The fourth-order valence-electron chi connectivity index (χ4n) is 6.25. The number of anilines is 1. The molecule has 1 atom stereocenters. The van der Waals surface area contributed by atoms with E-state index in [1.165, 1.54) is 44.6 Å². The minimum Gasteiger partial charge on any atom is -0.486 e. The maximum atomic E-state index is 13.4. The highest BCUT2D eigenvalue weighted by atomic mass is 19.1. The Morgan fingerprint density at radius 3 is 2.00 bits per heavy atom. The number of aryl methyl sites for hydroxylation is 1. The molecule has 5 rings (SSSR count). The summed E-state index contributed by atoms with van der Waals surface area (Å²) in [7, 11) is 0. The van der Waals surface area contributed by atoms with Crippen LogP contribution in [0.4, 0.5) is 10.1 Å². The van der Waals surface area contributed by atoms with Crippen molar-refractivity contribution >= 4 is 5.69 Å². The van der Waals surface area contributed by atoms with E-state index in [1.54, 1.807) is 12.1 Å². The molecule has 2 nitrogen and oxygen atoms in total. The lowest BCUT2D eigenvalue weighted by Crippen LogP contribution is -2.34. The third kappa shape index (κ3) is 3.79. The Kier molecular flexibility index (Phi) is 5.70. The van der Waals surface area contributed by atoms with E-state index in [9.17, 15) is 4.39 Å². The van der Waals surface area contributed by atoms with Crippen LogP contribution in [-0.2, 0) is 0 Å². The van der Waals surface area contributed by atoms with Crippen LogP contribution in [0.5, 0.6) is 5.75 Å². The molecule has 2 aliphatic heterocycles. The highest BCUT2D eigenvalue weighted by molar-refractivity contribution is 5.72. The summed E-state index contributed by atoms with van der Waals surface area (Å²) in [6.07, 6.45) is 2.17. The first-order valence-corrected chi connectivity index (χ1v) is 12.6. The second kappa shape index (κ2) is 8.45. The summed E-state index contributed by atoms with van der Waals surface area (Å²) in [5.74, 6) is 1.62. The van der Waals surface area contributed by atoms with Gasteiger partial charge in [-0.2, -0.15) is 0 Å². The van der Waals surface area contributed by atoms with Crippen molar-refractivity contribution in [2.45, 2.75) is 71.8 Å². The van der Waals surface area contributed by atoms with Crippen LogP contribution in [0, 0.1) is 33.5 Å². The van der Waals surface area contributed by atoms with E-state index < -0.39 is 0 Å². The summed E-state index contributed by atoms with van der Waals surface area (Å²) in [5.41, 5.74) is 10.2. The Balaban J connectivity index is 1.51. The standard InChI is InChI=1S/C31H36FNO/c1-19-7-9-25(10-8-19)28-27-22(4)29(20(2)21(3)30(27)34-31(28,5)6)33-17-15-24(16-18-33)23-11-13-26(32)14-12-23/h7-14,24,28H,15-18H2,1-6H3/t28-/m1/s1. The first-order valence-electron chi connectivity index (χ1n) is 12.6. The van der Waals surface area contributed by atoms with Crippen LogP contribution in [-0.4, -0.2) is 18.7 Å². The summed E-state index contributed by atoms with van der Waals surface area (Å²) < 4.78 is 20.0. The summed E-state index contributed by atoms with van der Waals surface area (Å²) in [6, 6.07) is 16.0. The molecule has 0 bridgehead atoms. The predicted octanol–water partition coefficient (Wildman–Crippen LogP) is 7.75. The molecule has 1 saturated heterocycles. The maximum absolute atomic E-state index is 13.4. The van der Waals surface area contributed by atoms with Gasteiger partial charge in [-0.25, -0.2) is 4.39 Å². The average Bonchev–Trinajstić information content (AvgIpc) is 3.11. The molecule has 0 amide bonds. The average molecular weight is 458 g/mol. The first kappa shape index (κ1) is 23.0. The molecule has 0 aliphatic carbocycles. The quantitative estimate of drug-likeness (QED) is 0.399. The van der Waals surface area contributed by atoms with Crippen LogP contribution >= 0.6 is 0 Å². The monoisotopic (exact) mass is 457 g/mol. The Labute approximate surface area is 203 Å². The van der Waals surface area contributed by atoms with Crippen molar-refractivity contribution in [3.8, 4) is 5.75 Å². The molecule has 0 unspecified atom stereocenters. The number of fused-ring (bicyclic) bond motifs is 1. The fraction of sp³-hybridized carbons (Fsp3) is 0.419. The summed E-state index contributed by atoms with van der Waals surface area (Å²) in [4.78, 5) is 2.58. The summed E-state index contributed by atoms with van der Waals surface area (Å²) in [6.45, 7) is 15.4. The normalized spacial score (nSPS) is 19.7. The molecule has 0 aromatic heterocycles. The van der Waals surface area contributed by atoms with Gasteiger partial charge in [0.2, 0.25) is 0 Å². The molecule has 3 heteroatoms. The lowest BCUT2D eigenvalue weighted by atomic mass is 9.78. The zero-order valence-electron chi connectivity index (χ0n) is 21.3. The molecule has 178 valence electrons. The number of nitrogens with zero attached hydrogens (tertiary/aromatic N) is 1. The molecule has 0 radical (unpaired) electrons. The molecule has 34 heavy (non-hydrogen) atoms. The topological polar surface area (TPSA) is 12.5 Å². The Bertz CT molecular complexity index is 1200. The van der Waals surface area contributed by atoms with Gasteiger partial charge in [0.15, 0.2) is 0 Å². The molecule has 0 saturated carbocycles. The smallest absolute Gasteiger partial charge is 0.127 e. The van der Waals surface area contributed by atoms with Crippen LogP contribution in [0.15, 0.2) is 48.5 Å². The number of rotatable bonds is 3. The van der Waals surface area contributed by atoms with Gasteiger partial charge in [-0.05, 0) is 100 Å². The lowest BCUT2D eigenvalue weighted by molar-refractivity contribution is 0.121. The number of benzene rings is 3. The van der Waals surface area contributed by atoms with Gasteiger partial charge in [0.05, 0.1) is 5.92 Å². The van der Waals surface area contributed by atoms with Gasteiger partial charge in [0.25, 0.3) is 0 Å². The van der Waals surface area contributed by atoms with Gasteiger partial charge in [-0.1, -0.05) is 42.0 Å². The van der Waals surface area contributed by atoms with E-state index >= 15 is 0 Å². The third-order valence-corrected chi connectivity index (χ3v) is 8.17. The highest BCUT2D eigenvalue weighted by Gasteiger charge is 2.45. The van der Waals surface area contributed by atoms with Crippen molar-refractivity contribution in [2.24, 2.45) is 0 Å². The summed E-state index contributed by atoms with van der Waals surface area (Å²) in [5, 5.41) is 0. The molecule has 2 heterocycles. The molecular formula is C31H36FNO. The van der Waals surface area contributed by atoms with E-state index in [-0.39, 0.29) is 17.3 Å². The van der Waals surface area contributed by atoms with Gasteiger partial charge in [-0.3, -0.25) is 0 Å². The Morgan fingerprint density at radius 2 is 1.38 bits per heavy atom. The van der Waals surface area contributed by atoms with Crippen LogP contribution < -0.4 is 9.64 Å². The largest absolute Gasteiger partial charge is 0.486 e. The van der Waals surface area contributed by atoms with Crippen LogP contribution in [0.25, 0.3) is 0 Å². The minimum atomic E-state index is -0.298. The minimum absolute atomic E-state index is 0.158. The molecule has 3 aromatic rings. The van der Waals surface area contributed by atoms with Crippen LogP contribution in [0.2, 0.25) is 0 Å². The van der Waals surface area contributed by atoms with Gasteiger partial charge in [0, 0.05) is 24.3 Å². The Hall–Kier alpha value is -2.81. The van der Waals surface area contributed by atoms with Gasteiger partial charge in [-0.15, -0.1) is 0 Å². The number of hydrogen-bond donors (Lipinski definition) is 0. The zero-order chi connectivity index (χ0) is 24.2. The van der Waals surface area contributed by atoms with Crippen LogP contribution in [0.1, 0.15) is 77.5 Å². The second-order valence-electron chi connectivity index (χ2n) is 10.8. The van der Waals surface area contributed by atoms with E-state index in [0.717, 1.165) is 31.7 Å². The van der Waals surface area contributed by atoms with Gasteiger partial charge < -0.3 is 9.64 Å². The summed E-state index contributed by atoms with van der Waals surface area (Å²) >= 11 is 0. The number of halogens is 1. The van der Waals surface area contributed by atoms with Crippen molar-refractivity contribution < 1.29 is 9.13 Å². The van der Waals surface area contributed by atoms with E-state index in [0.29, 0.717) is 5.92 Å². The second-order valence-corrected chi connectivity index (χ2v) is 10.8. The number of hydrogen-bond acceptors (Lipinski definition) is 2. The molecule has 2 aliphatic rings. The van der Waals surface area contributed by atoms with Gasteiger partial charge in [0.1, 0.15) is 17.2 Å². The fourth-order valence-corrected chi connectivity index (χ4v) is 6.25. The maximum Gasteiger partial charge on any atom is 0.127 e. The van der Waals surface area contributed by atoms with Crippen molar-refractivity contribution in [2.75, 3.05) is 18.0 Å².